The number of nitrogens with one attached hydrogen (secondary N) is 1. The largest absolute Gasteiger partial charge is 0.325 e. The van der Waals surface area contributed by atoms with Crippen LogP contribution in [0.15, 0.2) is 36.4 Å². The van der Waals surface area contributed by atoms with Crippen LogP contribution in [0.3, 0.4) is 0 Å². The van der Waals surface area contributed by atoms with Gasteiger partial charge >= 0.3 is 0 Å². The fourth-order valence-corrected chi connectivity index (χ4v) is 3.39. The molecule has 7 heteroatoms. The number of anilines is 1. The van der Waals surface area contributed by atoms with Gasteiger partial charge in [0.1, 0.15) is 0 Å². The van der Waals surface area contributed by atoms with Crippen molar-refractivity contribution in [3.63, 3.8) is 0 Å². The quantitative estimate of drug-likeness (QED) is 0.368. The molecule has 2 nitrogen and oxygen atoms in total. The number of rotatable bonds is 1. The van der Waals surface area contributed by atoms with Gasteiger partial charge in [0.25, 0.3) is 0 Å². The Balaban J connectivity index is 2.02. The summed E-state index contributed by atoms with van der Waals surface area (Å²) >= 11 is 0. The summed E-state index contributed by atoms with van der Waals surface area (Å²) in [6.45, 7) is 0. The van der Waals surface area contributed by atoms with Crippen molar-refractivity contribution >= 4 is 22.4 Å². The molecule has 1 unspecified atom stereocenters. The number of carbonyl (C=O) groups excluding carboxylic acids is 1. The summed E-state index contributed by atoms with van der Waals surface area (Å²) in [5.41, 5.74) is -0.382. The average Bonchev–Trinajstić information content (AvgIpc) is 2.64. The van der Waals surface area contributed by atoms with E-state index in [0.29, 0.717) is 16.6 Å². The Kier molecular flexibility index (Phi) is 3.68. The molecule has 0 radical (unpaired) electrons. The molecule has 3 aromatic rings. The standard InChI is InChI=1S/C19H10F5NO/c20-14-13(15(21)17(23)18(24)16(14)22)11-7-12(26)25-19-9-4-2-1-3-8(9)5-6-10(11)19/h1-6,11H,7H2,(H,25,26). The van der Waals surface area contributed by atoms with Gasteiger partial charge in [0.15, 0.2) is 23.3 Å². The maximum Gasteiger partial charge on any atom is 0.225 e. The van der Waals surface area contributed by atoms with Gasteiger partial charge in [-0.15, -0.1) is 0 Å². The normalized spacial score (nSPS) is 16.5. The van der Waals surface area contributed by atoms with E-state index >= 15 is 0 Å². The molecule has 0 fully saturated rings. The molecule has 4 rings (SSSR count). The Morgan fingerprint density at radius 3 is 2.12 bits per heavy atom. The molecule has 1 heterocycles. The van der Waals surface area contributed by atoms with E-state index in [1.54, 1.807) is 30.3 Å². The molecule has 1 amide bonds. The molecule has 3 aromatic carbocycles. The summed E-state index contributed by atoms with van der Waals surface area (Å²) in [6.07, 6.45) is -0.427. The Hall–Kier alpha value is -2.96. The highest BCUT2D eigenvalue weighted by Crippen LogP contribution is 2.43. The second kappa shape index (κ2) is 5.79. The monoisotopic (exact) mass is 363 g/mol. The summed E-state index contributed by atoms with van der Waals surface area (Å²) in [6, 6.07) is 10.2. The Labute approximate surface area is 144 Å². The van der Waals surface area contributed by atoms with Crippen LogP contribution < -0.4 is 5.32 Å². The van der Waals surface area contributed by atoms with Crippen LogP contribution in [-0.2, 0) is 4.79 Å². The van der Waals surface area contributed by atoms with Gasteiger partial charge in [-0.05, 0) is 10.9 Å². The number of hydrogen-bond acceptors (Lipinski definition) is 1. The number of halogens is 5. The minimum absolute atomic E-state index is 0.298. The zero-order valence-corrected chi connectivity index (χ0v) is 13.0. The smallest absolute Gasteiger partial charge is 0.225 e. The van der Waals surface area contributed by atoms with E-state index in [-0.39, 0.29) is 0 Å². The molecule has 1 N–H and O–H groups in total. The predicted molar refractivity (Wildman–Crippen MR) is 85.3 cm³/mol. The molecule has 132 valence electrons. The summed E-state index contributed by atoms with van der Waals surface area (Å²) in [7, 11) is 0. The van der Waals surface area contributed by atoms with Crippen molar-refractivity contribution in [1.82, 2.24) is 0 Å². The molecule has 1 aliphatic heterocycles. The fraction of sp³-hybridized carbons (Fsp3) is 0.105. The lowest BCUT2D eigenvalue weighted by Crippen LogP contribution is -2.26. The Bertz CT molecular complexity index is 1050. The van der Waals surface area contributed by atoms with Crippen LogP contribution in [0.4, 0.5) is 27.6 Å². The molecule has 0 spiro atoms. The first kappa shape index (κ1) is 16.5. The molecule has 0 aliphatic carbocycles. The first-order valence-electron chi connectivity index (χ1n) is 7.73. The number of amides is 1. The highest BCUT2D eigenvalue weighted by Gasteiger charge is 2.36. The Morgan fingerprint density at radius 2 is 1.42 bits per heavy atom. The van der Waals surface area contributed by atoms with Crippen LogP contribution in [0.25, 0.3) is 10.8 Å². The molecule has 0 bridgehead atoms. The second-order valence-corrected chi connectivity index (χ2v) is 6.04. The van der Waals surface area contributed by atoms with Crippen LogP contribution in [0.2, 0.25) is 0 Å². The minimum Gasteiger partial charge on any atom is -0.325 e. The number of hydrogen-bond donors (Lipinski definition) is 1. The van der Waals surface area contributed by atoms with Crippen molar-refractivity contribution in [2.75, 3.05) is 5.32 Å². The molecule has 0 saturated heterocycles. The van der Waals surface area contributed by atoms with E-state index in [4.69, 9.17) is 0 Å². The van der Waals surface area contributed by atoms with Crippen LogP contribution in [-0.4, -0.2) is 5.91 Å². The zero-order valence-electron chi connectivity index (χ0n) is 13.0. The number of benzene rings is 3. The van der Waals surface area contributed by atoms with Crippen LogP contribution >= 0.6 is 0 Å². The fourth-order valence-electron chi connectivity index (χ4n) is 3.39. The lowest BCUT2D eigenvalue weighted by molar-refractivity contribution is -0.116. The predicted octanol–water partition coefficient (Wildman–Crippen LogP) is 5.01. The van der Waals surface area contributed by atoms with Crippen molar-refractivity contribution in [2.24, 2.45) is 0 Å². The second-order valence-electron chi connectivity index (χ2n) is 6.04. The van der Waals surface area contributed by atoms with Gasteiger partial charge in [-0.1, -0.05) is 36.4 Å². The highest BCUT2D eigenvalue weighted by molar-refractivity contribution is 6.06. The molecule has 1 atom stereocenters. The van der Waals surface area contributed by atoms with Crippen molar-refractivity contribution in [2.45, 2.75) is 12.3 Å². The van der Waals surface area contributed by atoms with E-state index in [9.17, 15) is 26.7 Å². The van der Waals surface area contributed by atoms with Crippen molar-refractivity contribution in [1.29, 1.82) is 0 Å². The van der Waals surface area contributed by atoms with E-state index in [1.807, 2.05) is 0 Å². The SMILES string of the molecule is O=C1CC(c2c(F)c(F)c(F)c(F)c2F)c2ccc3ccccc3c2N1. The third kappa shape index (κ3) is 2.27. The van der Waals surface area contributed by atoms with Gasteiger partial charge < -0.3 is 5.32 Å². The number of carbonyl (C=O) groups is 1. The third-order valence-electron chi connectivity index (χ3n) is 4.58. The molecule has 26 heavy (non-hydrogen) atoms. The summed E-state index contributed by atoms with van der Waals surface area (Å²) < 4.78 is 69.1. The van der Waals surface area contributed by atoms with E-state index in [1.165, 1.54) is 6.07 Å². The van der Waals surface area contributed by atoms with Gasteiger partial charge in [-0.2, -0.15) is 0 Å². The first-order valence-corrected chi connectivity index (χ1v) is 7.73. The van der Waals surface area contributed by atoms with E-state index in [2.05, 4.69) is 5.32 Å². The van der Waals surface area contributed by atoms with Crippen LogP contribution in [0.1, 0.15) is 23.5 Å². The molecular weight excluding hydrogens is 353 g/mol. The highest BCUT2D eigenvalue weighted by atomic mass is 19.2. The first-order chi connectivity index (χ1) is 12.4. The van der Waals surface area contributed by atoms with Gasteiger partial charge in [-0.3, -0.25) is 4.79 Å². The van der Waals surface area contributed by atoms with Gasteiger partial charge in [-0.25, -0.2) is 22.0 Å². The van der Waals surface area contributed by atoms with Crippen molar-refractivity contribution in [3.05, 3.63) is 76.6 Å². The van der Waals surface area contributed by atoms with Crippen molar-refractivity contribution < 1.29 is 26.7 Å². The van der Waals surface area contributed by atoms with Gasteiger partial charge in [0.05, 0.1) is 5.69 Å². The maximum absolute atomic E-state index is 14.3. The summed E-state index contributed by atoms with van der Waals surface area (Å²) in [4.78, 5) is 12.1. The lowest BCUT2D eigenvalue weighted by Gasteiger charge is -2.28. The van der Waals surface area contributed by atoms with Crippen LogP contribution in [0.5, 0.6) is 0 Å². The molecular formula is C19H10F5NO. The maximum atomic E-state index is 14.3. The molecule has 1 aliphatic rings. The topological polar surface area (TPSA) is 29.1 Å². The molecule has 0 saturated carbocycles. The third-order valence-corrected chi connectivity index (χ3v) is 4.58. The zero-order chi connectivity index (χ0) is 18.6. The van der Waals surface area contributed by atoms with Crippen LogP contribution in [0, 0.1) is 29.1 Å². The molecule has 0 aromatic heterocycles. The minimum atomic E-state index is -2.22. The average molecular weight is 363 g/mol. The van der Waals surface area contributed by atoms with Gasteiger partial charge in [0, 0.05) is 23.3 Å². The summed E-state index contributed by atoms with van der Waals surface area (Å²) in [5.74, 6) is -11.9. The Morgan fingerprint density at radius 1 is 0.808 bits per heavy atom. The van der Waals surface area contributed by atoms with Crippen molar-refractivity contribution in [3.8, 4) is 0 Å². The lowest BCUT2D eigenvalue weighted by atomic mass is 9.82. The number of fused-ring (bicyclic) bond motifs is 3. The van der Waals surface area contributed by atoms with E-state index < -0.39 is 52.9 Å². The van der Waals surface area contributed by atoms with E-state index in [0.717, 1.165) is 5.39 Å². The van der Waals surface area contributed by atoms with Gasteiger partial charge in [0.2, 0.25) is 11.7 Å². The summed E-state index contributed by atoms with van der Waals surface area (Å²) in [5, 5.41) is 4.02.